The standard InChI is InChI=1S/C26H24ClN5O2/c27-19-8-6-18(7-9-19)21-20(15-28)24(33)29-23-22(21)25(34)31-26(30-23)32-12-10-17(11-13-32)14-16-4-2-1-3-5-16/h1-9,17,20-21H,10-14H2,(H2,29,30,31,33,34). The zero-order valence-corrected chi connectivity index (χ0v) is 19.3. The quantitative estimate of drug-likeness (QED) is 0.593. The van der Waals surface area contributed by atoms with Gasteiger partial charge in [-0.25, -0.2) is 0 Å². The van der Waals surface area contributed by atoms with Crippen molar-refractivity contribution in [1.29, 1.82) is 5.26 Å². The molecule has 1 amide bonds. The number of benzene rings is 2. The Balaban J connectivity index is 1.40. The van der Waals surface area contributed by atoms with E-state index in [0.29, 0.717) is 28.0 Å². The molecule has 0 aliphatic carbocycles. The lowest BCUT2D eigenvalue weighted by atomic mass is 9.79. The number of carbonyl (C=O) groups is 1. The van der Waals surface area contributed by atoms with E-state index in [0.717, 1.165) is 32.4 Å². The number of aromatic amines is 1. The number of fused-ring (bicyclic) bond motifs is 1. The van der Waals surface area contributed by atoms with E-state index in [9.17, 15) is 14.9 Å². The first kappa shape index (κ1) is 22.2. The molecule has 8 heteroatoms. The number of nitrogens with one attached hydrogen (secondary N) is 2. The molecule has 2 aliphatic heterocycles. The van der Waals surface area contributed by atoms with Gasteiger partial charge in [0.1, 0.15) is 11.7 Å². The van der Waals surface area contributed by atoms with Gasteiger partial charge in [0.2, 0.25) is 11.9 Å². The van der Waals surface area contributed by atoms with Gasteiger partial charge in [0.25, 0.3) is 5.56 Å². The van der Waals surface area contributed by atoms with Gasteiger partial charge in [0.05, 0.1) is 11.6 Å². The van der Waals surface area contributed by atoms with Gasteiger partial charge in [-0.3, -0.25) is 14.6 Å². The molecule has 5 rings (SSSR count). The zero-order valence-electron chi connectivity index (χ0n) is 18.5. The van der Waals surface area contributed by atoms with Crippen LogP contribution < -0.4 is 15.8 Å². The predicted molar refractivity (Wildman–Crippen MR) is 131 cm³/mol. The molecule has 0 saturated carbocycles. The molecule has 1 fully saturated rings. The van der Waals surface area contributed by atoms with Crippen molar-refractivity contribution in [2.45, 2.75) is 25.2 Å². The van der Waals surface area contributed by atoms with Crippen LogP contribution in [0.4, 0.5) is 11.8 Å². The molecule has 2 unspecified atom stereocenters. The zero-order chi connectivity index (χ0) is 23.7. The highest BCUT2D eigenvalue weighted by Crippen LogP contribution is 2.38. The number of H-pyrrole nitrogens is 1. The summed E-state index contributed by atoms with van der Waals surface area (Å²) in [6.07, 6.45) is 3.02. The van der Waals surface area contributed by atoms with Crippen molar-refractivity contribution in [3.63, 3.8) is 0 Å². The molecule has 2 atom stereocenters. The molecule has 3 aromatic rings. The number of aromatic nitrogens is 2. The van der Waals surface area contributed by atoms with Crippen molar-refractivity contribution in [1.82, 2.24) is 9.97 Å². The van der Waals surface area contributed by atoms with Crippen molar-refractivity contribution in [2.75, 3.05) is 23.3 Å². The number of rotatable bonds is 4. The third-order valence-corrected chi connectivity index (χ3v) is 7.01. The lowest BCUT2D eigenvalue weighted by Gasteiger charge is -2.34. The second kappa shape index (κ2) is 9.32. The summed E-state index contributed by atoms with van der Waals surface area (Å²) in [5.74, 6) is -0.952. The summed E-state index contributed by atoms with van der Waals surface area (Å²) in [5.41, 5.74) is 1.97. The number of piperidine rings is 1. The number of carbonyl (C=O) groups excluding carboxylic acids is 1. The minimum Gasteiger partial charge on any atom is -0.342 e. The van der Waals surface area contributed by atoms with Crippen LogP contribution in [0, 0.1) is 23.2 Å². The van der Waals surface area contributed by atoms with Gasteiger partial charge in [0.15, 0.2) is 0 Å². The molecule has 0 radical (unpaired) electrons. The molecule has 0 bridgehead atoms. The van der Waals surface area contributed by atoms with Crippen LogP contribution >= 0.6 is 11.6 Å². The number of halogens is 1. The average Bonchev–Trinajstić information content (AvgIpc) is 2.85. The molecule has 1 saturated heterocycles. The topological polar surface area (TPSA) is 102 Å². The van der Waals surface area contributed by atoms with Gasteiger partial charge in [-0.15, -0.1) is 0 Å². The Morgan fingerprint density at radius 1 is 1.06 bits per heavy atom. The van der Waals surface area contributed by atoms with Gasteiger partial charge in [0, 0.05) is 24.0 Å². The first-order valence-corrected chi connectivity index (χ1v) is 11.8. The Kier molecular flexibility index (Phi) is 6.08. The normalized spacial score (nSPS) is 20.4. The lowest BCUT2D eigenvalue weighted by Crippen LogP contribution is -2.41. The lowest BCUT2D eigenvalue weighted by molar-refractivity contribution is -0.119. The molecule has 34 heavy (non-hydrogen) atoms. The number of nitrogens with zero attached hydrogens (tertiary/aromatic N) is 3. The van der Waals surface area contributed by atoms with E-state index in [1.807, 2.05) is 6.07 Å². The van der Waals surface area contributed by atoms with Crippen LogP contribution in [0.3, 0.4) is 0 Å². The SMILES string of the molecule is N#CC1C(=O)Nc2nc(N3CCC(Cc4ccccc4)CC3)[nH]c(=O)c2C1c1ccc(Cl)cc1. The number of anilines is 2. The Morgan fingerprint density at radius 3 is 2.44 bits per heavy atom. The van der Waals surface area contributed by atoms with Crippen molar-refractivity contribution in [2.24, 2.45) is 11.8 Å². The largest absolute Gasteiger partial charge is 0.342 e. The van der Waals surface area contributed by atoms with E-state index in [2.05, 4.69) is 50.5 Å². The van der Waals surface area contributed by atoms with Crippen LogP contribution in [-0.4, -0.2) is 29.0 Å². The number of nitriles is 1. The van der Waals surface area contributed by atoms with E-state index in [4.69, 9.17) is 11.6 Å². The molecule has 7 nitrogen and oxygen atoms in total. The van der Waals surface area contributed by atoms with Crippen molar-refractivity contribution < 1.29 is 4.79 Å². The maximum absolute atomic E-state index is 13.2. The maximum Gasteiger partial charge on any atom is 0.258 e. The fraction of sp³-hybridized carbons (Fsp3) is 0.308. The molecular weight excluding hydrogens is 450 g/mol. The third kappa shape index (κ3) is 4.29. The fourth-order valence-electron chi connectivity index (χ4n) is 4.98. The van der Waals surface area contributed by atoms with E-state index in [-0.39, 0.29) is 11.4 Å². The van der Waals surface area contributed by atoms with E-state index >= 15 is 0 Å². The van der Waals surface area contributed by atoms with Crippen molar-refractivity contribution in [3.05, 3.63) is 86.7 Å². The minimum atomic E-state index is -1.03. The van der Waals surface area contributed by atoms with Gasteiger partial charge in [-0.05, 0) is 48.4 Å². The fourth-order valence-corrected chi connectivity index (χ4v) is 5.10. The van der Waals surface area contributed by atoms with Crippen LogP contribution in [0.25, 0.3) is 0 Å². The summed E-state index contributed by atoms with van der Waals surface area (Å²) in [4.78, 5) is 35.6. The molecule has 3 heterocycles. The first-order valence-electron chi connectivity index (χ1n) is 11.4. The smallest absolute Gasteiger partial charge is 0.258 e. The van der Waals surface area contributed by atoms with Gasteiger partial charge < -0.3 is 10.2 Å². The predicted octanol–water partition coefficient (Wildman–Crippen LogP) is 4.11. The van der Waals surface area contributed by atoms with Crippen molar-refractivity contribution >= 4 is 29.3 Å². The second-order valence-corrected chi connectivity index (χ2v) is 9.33. The summed E-state index contributed by atoms with van der Waals surface area (Å²) >= 11 is 6.01. The Bertz CT molecular complexity index is 1290. The van der Waals surface area contributed by atoms with E-state index in [1.165, 1.54) is 5.56 Å². The van der Waals surface area contributed by atoms with Crippen LogP contribution in [-0.2, 0) is 11.2 Å². The highest BCUT2D eigenvalue weighted by molar-refractivity contribution is 6.30. The van der Waals surface area contributed by atoms with Crippen LogP contribution in [0.15, 0.2) is 59.4 Å². The molecule has 2 N–H and O–H groups in total. The second-order valence-electron chi connectivity index (χ2n) is 8.90. The van der Waals surface area contributed by atoms with Crippen LogP contribution in [0.5, 0.6) is 0 Å². The average molecular weight is 474 g/mol. The van der Waals surface area contributed by atoms with Gasteiger partial charge in [-0.1, -0.05) is 54.1 Å². The highest BCUT2D eigenvalue weighted by atomic mass is 35.5. The first-order chi connectivity index (χ1) is 16.5. The number of hydrogen-bond donors (Lipinski definition) is 2. The van der Waals surface area contributed by atoms with Gasteiger partial charge >= 0.3 is 0 Å². The third-order valence-electron chi connectivity index (χ3n) is 6.76. The number of hydrogen-bond acceptors (Lipinski definition) is 5. The summed E-state index contributed by atoms with van der Waals surface area (Å²) in [6, 6.07) is 19.4. The molecule has 0 spiro atoms. The minimum absolute atomic E-state index is 0.224. The van der Waals surface area contributed by atoms with Crippen molar-refractivity contribution in [3.8, 4) is 6.07 Å². The summed E-state index contributed by atoms with van der Waals surface area (Å²) in [7, 11) is 0. The van der Waals surface area contributed by atoms with E-state index in [1.54, 1.807) is 24.3 Å². The van der Waals surface area contributed by atoms with E-state index < -0.39 is 17.7 Å². The Morgan fingerprint density at radius 2 is 1.76 bits per heavy atom. The highest BCUT2D eigenvalue weighted by Gasteiger charge is 2.40. The molecule has 2 aromatic carbocycles. The molecular formula is C26H24ClN5O2. The van der Waals surface area contributed by atoms with Crippen LogP contribution in [0.1, 0.15) is 35.4 Å². The van der Waals surface area contributed by atoms with Gasteiger partial charge in [-0.2, -0.15) is 10.2 Å². The monoisotopic (exact) mass is 473 g/mol. The Labute approximate surface area is 202 Å². The summed E-state index contributed by atoms with van der Waals surface area (Å²) in [6.45, 7) is 1.54. The molecule has 2 aliphatic rings. The molecule has 172 valence electrons. The summed E-state index contributed by atoms with van der Waals surface area (Å²) in [5, 5.41) is 12.9. The maximum atomic E-state index is 13.2. The Hall–Kier alpha value is -3.63. The van der Waals surface area contributed by atoms with Crippen LogP contribution in [0.2, 0.25) is 5.02 Å². The summed E-state index contributed by atoms with van der Waals surface area (Å²) < 4.78 is 0. The number of amides is 1. The molecule has 1 aromatic heterocycles.